The number of benzene rings is 1. The van der Waals surface area contributed by atoms with Crippen LogP contribution in [0.1, 0.15) is 12.0 Å². The van der Waals surface area contributed by atoms with Crippen LogP contribution in [0.4, 0.5) is 5.69 Å². The summed E-state index contributed by atoms with van der Waals surface area (Å²) in [4.78, 5) is 0. The predicted octanol–water partition coefficient (Wildman–Crippen LogP) is 1.82. The van der Waals surface area contributed by atoms with E-state index in [4.69, 9.17) is 5.73 Å². The summed E-state index contributed by atoms with van der Waals surface area (Å²) in [5, 5.41) is 3.31. The quantitative estimate of drug-likeness (QED) is 0.557. The molecule has 1 atom stereocenters. The van der Waals surface area contributed by atoms with Gasteiger partial charge in [-0.1, -0.05) is 12.1 Å². The highest BCUT2D eigenvalue weighted by Crippen LogP contribution is 2.11. The molecule has 72 valence electrons. The number of hydrogen-bond acceptors (Lipinski definition) is 2. The van der Waals surface area contributed by atoms with Gasteiger partial charge >= 0.3 is 0 Å². The molecule has 0 radical (unpaired) electrons. The summed E-state index contributed by atoms with van der Waals surface area (Å²) in [6.45, 7) is 1.70. The molecule has 0 aliphatic carbocycles. The lowest BCUT2D eigenvalue weighted by Gasteiger charge is -2.05. The summed E-state index contributed by atoms with van der Waals surface area (Å²) in [7, 11) is 2.72. The molecule has 1 rings (SSSR count). The molecule has 0 aliphatic heterocycles. The van der Waals surface area contributed by atoms with Crippen molar-refractivity contribution in [2.75, 3.05) is 18.4 Å². The van der Waals surface area contributed by atoms with Crippen molar-refractivity contribution < 1.29 is 0 Å². The van der Waals surface area contributed by atoms with Gasteiger partial charge in [0.15, 0.2) is 0 Å². The molecule has 0 saturated carbocycles. The van der Waals surface area contributed by atoms with Gasteiger partial charge < -0.3 is 11.1 Å². The molecular weight excluding hydrogens is 179 g/mol. The van der Waals surface area contributed by atoms with Gasteiger partial charge in [-0.25, -0.2) is 0 Å². The van der Waals surface area contributed by atoms with E-state index in [-0.39, 0.29) is 0 Å². The summed E-state index contributed by atoms with van der Waals surface area (Å²) in [5.41, 5.74) is 7.91. The molecule has 0 aliphatic rings. The molecule has 2 nitrogen and oxygen atoms in total. The predicted molar refractivity (Wildman–Crippen MR) is 62.0 cm³/mol. The van der Waals surface area contributed by atoms with Crippen LogP contribution < -0.4 is 11.1 Å². The zero-order valence-corrected chi connectivity index (χ0v) is 8.95. The monoisotopic (exact) mass is 196 g/mol. The van der Waals surface area contributed by atoms with Crippen molar-refractivity contribution in [1.82, 2.24) is 0 Å². The third kappa shape index (κ3) is 3.75. The summed E-state index contributed by atoms with van der Waals surface area (Å²) in [5.74, 6) is 0. The second-order valence-electron chi connectivity index (χ2n) is 2.97. The van der Waals surface area contributed by atoms with Crippen molar-refractivity contribution in [2.24, 2.45) is 5.73 Å². The Balaban J connectivity index is 2.40. The lowest BCUT2D eigenvalue weighted by molar-refractivity contribution is 0.874. The van der Waals surface area contributed by atoms with Gasteiger partial charge in [-0.15, -0.1) is 9.24 Å². The first-order chi connectivity index (χ1) is 6.36. The fourth-order valence-electron chi connectivity index (χ4n) is 1.09. The molecule has 0 saturated heterocycles. The van der Waals surface area contributed by atoms with Crippen molar-refractivity contribution in [3.8, 4) is 0 Å². The van der Waals surface area contributed by atoms with Crippen molar-refractivity contribution >= 4 is 14.9 Å². The highest BCUT2D eigenvalue weighted by Gasteiger charge is 1.91. The van der Waals surface area contributed by atoms with Gasteiger partial charge in [0.05, 0.1) is 0 Å². The van der Waals surface area contributed by atoms with Crippen LogP contribution in [0.25, 0.3) is 0 Å². The smallest absolute Gasteiger partial charge is 0.0340 e. The summed E-state index contributed by atoms with van der Waals surface area (Å²) < 4.78 is 0. The minimum absolute atomic E-state index is 0.747. The van der Waals surface area contributed by atoms with E-state index < -0.39 is 0 Å². The standard InChI is InChI=1S/C10H17N2P/c11-6-1-7-12-10-4-2-9(8-13)3-5-10/h2-5,12H,1,6-8,11,13H2. The Bertz CT molecular complexity index is 233. The largest absolute Gasteiger partial charge is 0.385 e. The molecule has 1 aromatic rings. The van der Waals surface area contributed by atoms with Crippen molar-refractivity contribution in [2.45, 2.75) is 12.6 Å². The Morgan fingerprint density at radius 3 is 2.46 bits per heavy atom. The molecule has 1 aromatic carbocycles. The normalized spacial score (nSPS) is 10.0. The average molecular weight is 196 g/mol. The maximum Gasteiger partial charge on any atom is 0.0340 e. The molecule has 0 bridgehead atoms. The van der Waals surface area contributed by atoms with Crippen LogP contribution in [0, 0.1) is 0 Å². The molecular formula is C10H17N2P. The molecule has 0 amide bonds. The fourth-order valence-corrected chi connectivity index (χ4v) is 1.37. The summed E-state index contributed by atoms with van der Waals surface area (Å²) in [6, 6.07) is 8.49. The van der Waals surface area contributed by atoms with Gasteiger partial charge in [0.25, 0.3) is 0 Å². The molecule has 3 N–H and O–H groups in total. The van der Waals surface area contributed by atoms with E-state index >= 15 is 0 Å². The Kier molecular flexibility index (Phi) is 4.81. The van der Waals surface area contributed by atoms with Gasteiger partial charge in [-0.2, -0.15) is 0 Å². The van der Waals surface area contributed by atoms with E-state index in [1.807, 2.05) is 0 Å². The van der Waals surface area contributed by atoms with Crippen LogP contribution in [0.5, 0.6) is 0 Å². The SMILES string of the molecule is NCCCNc1ccc(CP)cc1. The van der Waals surface area contributed by atoms with Crippen LogP contribution in [0.15, 0.2) is 24.3 Å². The first kappa shape index (κ1) is 10.5. The zero-order chi connectivity index (χ0) is 9.52. The van der Waals surface area contributed by atoms with E-state index in [9.17, 15) is 0 Å². The molecule has 1 unspecified atom stereocenters. The second kappa shape index (κ2) is 5.95. The van der Waals surface area contributed by atoms with E-state index in [1.54, 1.807) is 0 Å². The van der Waals surface area contributed by atoms with Crippen molar-refractivity contribution in [1.29, 1.82) is 0 Å². The maximum absolute atomic E-state index is 5.40. The molecule has 13 heavy (non-hydrogen) atoms. The summed E-state index contributed by atoms with van der Waals surface area (Å²) in [6.07, 6.45) is 2.04. The molecule has 0 aromatic heterocycles. The van der Waals surface area contributed by atoms with Gasteiger partial charge in [-0.05, 0) is 36.8 Å². The minimum Gasteiger partial charge on any atom is -0.385 e. The average Bonchev–Trinajstić information content (AvgIpc) is 2.19. The fraction of sp³-hybridized carbons (Fsp3) is 0.400. The van der Waals surface area contributed by atoms with Gasteiger partial charge in [-0.3, -0.25) is 0 Å². The maximum atomic E-state index is 5.40. The lowest BCUT2D eigenvalue weighted by Crippen LogP contribution is -2.08. The van der Waals surface area contributed by atoms with Crippen molar-refractivity contribution in [3.05, 3.63) is 29.8 Å². The number of nitrogens with one attached hydrogen (secondary N) is 1. The lowest BCUT2D eigenvalue weighted by atomic mass is 10.2. The molecule has 3 heteroatoms. The Morgan fingerprint density at radius 2 is 1.92 bits per heavy atom. The van der Waals surface area contributed by atoms with Gasteiger partial charge in [0.2, 0.25) is 0 Å². The summed E-state index contributed by atoms with van der Waals surface area (Å²) >= 11 is 0. The van der Waals surface area contributed by atoms with Crippen LogP contribution in [-0.2, 0) is 6.16 Å². The Morgan fingerprint density at radius 1 is 1.23 bits per heavy atom. The number of hydrogen-bond donors (Lipinski definition) is 2. The number of nitrogens with two attached hydrogens (primary N) is 1. The van der Waals surface area contributed by atoms with Crippen LogP contribution in [0.3, 0.4) is 0 Å². The third-order valence-electron chi connectivity index (χ3n) is 1.90. The zero-order valence-electron chi connectivity index (χ0n) is 7.79. The minimum atomic E-state index is 0.747. The Hall–Kier alpha value is -0.590. The number of rotatable bonds is 5. The molecule has 0 heterocycles. The van der Waals surface area contributed by atoms with Crippen LogP contribution >= 0.6 is 9.24 Å². The van der Waals surface area contributed by atoms with E-state index in [0.717, 1.165) is 25.7 Å². The highest BCUT2D eigenvalue weighted by molar-refractivity contribution is 7.15. The molecule has 0 spiro atoms. The van der Waals surface area contributed by atoms with Gasteiger partial charge in [0, 0.05) is 12.2 Å². The van der Waals surface area contributed by atoms with E-state index in [2.05, 4.69) is 38.8 Å². The third-order valence-corrected chi connectivity index (χ3v) is 2.37. The molecule has 0 fully saturated rings. The Labute approximate surface area is 82.1 Å². The second-order valence-corrected chi connectivity index (χ2v) is 3.38. The topological polar surface area (TPSA) is 38.0 Å². The first-order valence-corrected chi connectivity index (χ1v) is 5.41. The van der Waals surface area contributed by atoms with Crippen molar-refractivity contribution in [3.63, 3.8) is 0 Å². The van der Waals surface area contributed by atoms with Crippen LogP contribution in [-0.4, -0.2) is 13.1 Å². The highest BCUT2D eigenvalue weighted by atomic mass is 31.0. The van der Waals surface area contributed by atoms with Crippen LogP contribution in [0.2, 0.25) is 0 Å². The van der Waals surface area contributed by atoms with Gasteiger partial charge in [0.1, 0.15) is 0 Å². The van der Waals surface area contributed by atoms with E-state index in [0.29, 0.717) is 0 Å². The van der Waals surface area contributed by atoms with E-state index in [1.165, 1.54) is 11.3 Å². The number of anilines is 1. The first-order valence-electron chi connectivity index (χ1n) is 4.59.